The van der Waals surface area contributed by atoms with Gasteiger partial charge in [-0.15, -0.1) is 0 Å². The fourth-order valence-corrected chi connectivity index (χ4v) is 1.97. The van der Waals surface area contributed by atoms with Gasteiger partial charge in [-0.05, 0) is 40.8 Å². The fraction of sp³-hybridized carbons (Fsp3) is 0.231. The molecule has 1 aromatic carbocycles. The van der Waals surface area contributed by atoms with Gasteiger partial charge in [0.2, 0.25) is 5.95 Å². The van der Waals surface area contributed by atoms with E-state index in [1.165, 1.54) is 3.57 Å². The van der Waals surface area contributed by atoms with Crippen molar-refractivity contribution in [3.8, 4) is 11.3 Å². The first-order chi connectivity index (χ1) is 8.70. The van der Waals surface area contributed by atoms with E-state index in [9.17, 15) is 0 Å². The summed E-state index contributed by atoms with van der Waals surface area (Å²) in [6.07, 6.45) is 1.78. The smallest absolute Gasteiger partial charge is 0.225 e. The first-order valence-corrected chi connectivity index (χ1v) is 6.79. The van der Waals surface area contributed by atoms with E-state index in [0.717, 1.165) is 17.8 Å². The minimum Gasteiger partial charge on any atom is -0.343 e. The van der Waals surface area contributed by atoms with Crippen molar-refractivity contribution in [2.24, 2.45) is 5.73 Å². The van der Waals surface area contributed by atoms with Crippen LogP contribution < -0.4 is 10.6 Å². The summed E-state index contributed by atoms with van der Waals surface area (Å²) in [6.45, 7) is 1.34. The Labute approximate surface area is 120 Å². The third-order valence-electron chi connectivity index (χ3n) is 2.59. The Morgan fingerprint density at radius 1 is 1.22 bits per heavy atom. The number of hydrogen-bond acceptors (Lipinski definition) is 4. The predicted octanol–water partition coefficient (Wildman–Crippen LogP) is 2.14. The van der Waals surface area contributed by atoms with E-state index < -0.39 is 0 Å². The monoisotopic (exact) mass is 354 g/mol. The van der Waals surface area contributed by atoms with Gasteiger partial charge in [0.1, 0.15) is 0 Å². The van der Waals surface area contributed by atoms with Crippen LogP contribution in [0.3, 0.4) is 0 Å². The molecule has 94 valence electrons. The van der Waals surface area contributed by atoms with Crippen LogP contribution >= 0.6 is 22.6 Å². The Morgan fingerprint density at radius 3 is 2.61 bits per heavy atom. The highest BCUT2D eigenvalue weighted by Gasteiger charge is 2.05. The SMILES string of the molecule is CN(CCN)c1nccc(-c2ccc(I)cc2)n1. The number of aromatic nitrogens is 2. The molecule has 1 aromatic heterocycles. The summed E-state index contributed by atoms with van der Waals surface area (Å²) in [5, 5.41) is 0. The number of rotatable bonds is 4. The predicted molar refractivity (Wildman–Crippen MR) is 82.5 cm³/mol. The summed E-state index contributed by atoms with van der Waals surface area (Å²) in [6, 6.07) is 10.2. The van der Waals surface area contributed by atoms with Crippen LogP contribution in [0.2, 0.25) is 0 Å². The highest BCUT2D eigenvalue weighted by molar-refractivity contribution is 14.1. The summed E-state index contributed by atoms with van der Waals surface area (Å²) in [4.78, 5) is 10.8. The van der Waals surface area contributed by atoms with Crippen LogP contribution in [-0.2, 0) is 0 Å². The molecule has 0 radical (unpaired) electrons. The van der Waals surface area contributed by atoms with Crippen molar-refractivity contribution >= 4 is 28.5 Å². The van der Waals surface area contributed by atoms with Gasteiger partial charge >= 0.3 is 0 Å². The number of anilines is 1. The molecule has 0 atom stereocenters. The molecule has 0 fully saturated rings. The van der Waals surface area contributed by atoms with Crippen LogP contribution in [0.15, 0.2) is 36.5 Å². The second-order valence-electron chi connectivity index (χ2n) is 3.96. The quantitative estimate of drug-likeness (QED) is 0.855. The van der Waals surface area contributed by atoms with Gasteiger partial charge in [-0.25, -0.2) is 9.97 Å². The molecule has 0 aliphatic rings. The lowest BCUT2D eigenvalue weighted by atomic mass is 10.1. The van der Waals surface area contributed by atoms with Gasteiger partial charge in [-0.2, -0.15) is 0 Å². The maximum Gasteiger partial charge on any atom is 0.225 e. The zero-order valence-electron chi connectivity index (χ0n) is 10.2. The molecule has 4 nitrogen and oxygen atoms in total. The van der Waals surface area contributed by atoms with E-state index in [4.69, 9.17) is 5.73 Å². The topological polar surface area (TPSA) is 55.0 Å². The third kappa shape index (κ3) is 3.17. The number of nitrogens with zero attached hydrogens (tertiary/aromatic N) is 3. The van der Waals surface area contributed by atoms with Gasteiger partial charge in [-0.1, -0.05) is 12.1 Å². The first kappa shape index (κ1) is 13.2. The highest BCUT2D eigenvalue weighted by Crippen LogP contribution is 2.19. The molecule has 18 heavy (non-hydrogen) atoms. The van der Waals surface area contributed by atoms with E-state index in [0.29, 0.717) is 12.5 Å². The average molecular weight is 354 g/mol. The Kier molecular flexibility index (Phi) is 4.48. The van der Waals surface area contributed by atoms with Gasteiger partial charge in [0.15, 0.2) is 0 Å². The van der Waals surface area contributed by atoms with Crippen molar-refractivity contribution in [1.29, 1.82) is 0 Å². The number of hydrogen-bond donors (Lipinski definition) is 1. The largest absolute Gasteiger partial charge is 0.343 e. The zero-order valence-corrected chi connectivity index (χ0v) is 12.3. The van der Waals surface area contributed by atoms with Crippen LogP contribution in [0, 0.1) is 3.57 Å². The normalized spacial score (nSPS) is 10.4. The zero-order chi connectivity index (χ0) is 13.0. The van der Waals surface area contributed by atoms with E-state index in [2.05, 4.69) is 56.8 Å². The molecule has 0 amide bonds. The molecule has 2 aromatic rings. The van der Waals surface area contributed by atoms with Gasteiger partial charge in [-0.3, -0.25) is 0 Å². The lowest BCUT2D eigenvalue weighted by Crippen LogP contribution is -2.26. The Balaban J connectivity index is 2.29. The Bertz CT molecular complexity index is 513. The van der Waals surface area contributed by atoms with Crippen LogP contribution in [0.25, 0.3) is 11.3 Å². The number of benzene rings is 1. The second-order valence-corrected chi connectivity index (χ2v) is 5.20. The standard InChI is InChI=1S/C13H15IN4/c1-18(9-7-15)13-16-8-6-12(17-13)10-2-4-11(14)5-3-10/h2-6,8H,7,9,15H2,1H3. The fourth-order valence-electron chi connectivity index (χ4n) is 1.61. The van der Waals surface area contributed by atoms with Crippen molar-refractivity contribution in [2.75, 3.05) is 25.0 Å². The highest BCUT2D eigenvalue weighted by atomic mass is 127. The molecular weight excluding hydrogens is 339 g/mol. The molecule has 0 saturated heterocycles. The van der Waals surface area contributed by atoms with Gasteiger partial charge in [0, 0.05) is 35.5 Å². The maximum atomic E-state index is 5.53. The summed E-state index contributed by atoms with van der Waals surface area (Å²) in [7, 11) is 1.94. The number of nitrogens with two attached hydrogens (primary N) is 1. The molecular formula is C13H15IN4. The van der Waals surface area contributed by atoms with Crippen LogP contribution in [-0.4, -0.2) is 30.1 Å². The van der Waals surface area contributed by atoms with Crippen molar-refractivity contribution in [2.45, 2.75) is 0 Å². The molecule has 0 bridgehead atoms. The Morgan fingerprint density at radius 2 is 1.94 bits per heavy atom. The Hall–Kier alpha value is -1.21. The molecule has 2 N–H and O–H groups in total. The van der Waals surface area contributed by atoms with E-state index >= 15 is 0 Å². The van der Waals surface area contributed by atoms with Crippen LogP contribution in [0.4, 0.5) is 5.95 Å². The van der Waals surface area contributed by atoms with Crippen molar-refractivity contribution in [3.05, 3.63) is 40.1 Å². The molecule has 1 heterocycles. The van der Waals surface area contributed by atoms with Gasteiger partial charge in [0.05, 0.1) is 5.69 Å². The van der Waals surface area contributed by atoms with E-state index in [1.807, 2.05) is 18.0 Å². The number of halogens is 1. The molecule has 0 spiro atoms. The van der Waals surface area contributed by atoms with Gasteiger partial charge in [0.25, 0.3) is 0 Å². The second kappa shape index (κ2) is 6.10. The van der Waals surface area contributed by atoms with Crippen molar-refractivity contribution in [1.82, 2.24) is 9.97 Å². The first-order valence-electron chi connectivity index (χ1n) is 5.71. The molecule has 0 saturated carbocycles. The van der Waals surface area contributed by atoms with Crippen LogP contribution in [0.1, 0.15) is 0 Å². The van der Waals surface area contributed by atoms with Crippen molar-refractivity contribution in [3.63, 3.8) is 0 Å². The van der Waals surface area contributed by atoms with E-state index in [-0.39, 0.29) is 0 Å². The molecule has 0 aliphatic heterocycles. The molecule has 0 unspecified atom stereocenters. The van der Waals surface area contributed by atoms with E-state index in [1.54, 1.807) is 6.20 Å². The summed E-state index contributed by atoms with van der Waals surface area (Å²) in [5.41, 5.74) is 7.56. The lowest BCUT2D eigenvalue weighted by molar-refractivity contribution is 0.847. The minimum atomic E-state index is 0.591. The number of likely N-dealkylation sites (N-methyl/N-ethyl adjacent to an activating group) is 1. The van der Waals surface area contributed by atoms with Gasteiger partial charge < -0.3 is 10.6 Å². The molecule has 0 aliphatic carbocycles. The minimum absolute atomic E-state index is 0.591. The van der Waals surface area contributed by atoms with Crippen LogP contribution in [0.5, 0.6) is 0 Å². The average Bonchev–Trinajstić information content (AvgIpc) is 2.40. The lowest BCUT2D eigenvalue weighted by Gasteiger charge is -2.16. The third-order valence-corrected chi connectivity index (χ3v) is 3.31. The molecule has 5 heteroatoms. The summed E-state index contributed by atoms with van der Waals surface area (Å²) >= 11 is 2.29. The van der Waals surface area contributed by atoms with Crippen molar-refractivity contribution < 1.29 is 0 Å². The molecule has 2 rings (SSSR count). The summed E-state index contributed by atoms with van der Waals surface area (Å²) in [5.74, 6) is 0.705. The summed E-state index contributed by atoms with van der Waals surface area (Å²) < 4.78 is 1.21. The maximum absolute atomic E-state index is 5.53.